The maximum atomic E-state index is 12.1. The van der Waals surface area contributed by atoms with E-state index in [-0.39, 0.29) is 12.5 Å². The summed E-state index contributed by atoms with van der Waals surface area (Å²) < 4.78 is 10.7. The summed E-state index contributed by atoms with van der Waals surface area (Å²) in [5, 5.41) is 6.71. The minimum atomic E-state index is -0.273. The van der Waals surface area contributed by atoms with E-state index in [0.29, 0.717) is 35.1 Å². The monoisotopic (exact) mass is 316 g/mol. The van der Waals surface area contributed by atoms with Crippen LogP contribution in [0.25, 0.3) is 0 Å². The van der Waals surface area contributed by atoms with E-state index in [9.17, 15) is 4.79 Å². The fourth-order valence-electron chi connectivity index (χ4n) is 3.01. The number of nitrogens with zero attached hydrogens (tertiary/aromatic N) is 3. The first-order chi connectivity index (χ1) is 11.3. The zero-order chi connectivity index (χ0) is 15.6. The first kappa shape index (κ1) is 14.4. The predicted molar refractivity (Wildman–Crippen MR) is 79.8 cm³/mol. The SMILES string of the molecule is O=C(NCc1noc(C2CCCCC2)n1)c1coc(C2CC2)n1. The van der Waals surface area contributed by atoms with Crippen LogP contribution >= 0.6 is 0 Å². The molecule has 0 aromatic carbocycles. The molecule has 2 saturated carbocycles. The Hall–Kier alpha value is -2.18. The number of oxazole rings is 1. The fourth-order valence-corrected chi connectivity index (χ4v) is 3.01. The Morgan fingerprint density at radius 1 is 1.09 bits per heavy atom. The number of carbonyl (C=O) groups excluding carboxylic acids is 1. The molecule has 1 amide bonds. The lowest BCUT2D eigenvalue weighted by Crippen LogP contribution is -2.23. The molecule has 1 N–H and O–H groups in total. The molecule has 2 aliphatic carbocycles. The van der Waals surface area contributed by atoms with Gasteiger partial charge in [0.25, 0.3) is 5.91 Å². The van der Waals surface area contributed by atoms with Crippen molar-refractivity contribution in [3.63, 3.8) is 0 Å². The quantitative estimate of drug-likeness (QED) is 0.911. The lowest BCUT2D eigenvalue weighted by molar-refractivity contribution is 0.0944. The third-order valence-corrected chi connectivity index (χ3v) is 4.53. The third kappa shape index (κ3) is 3.28. The summed E-state index contributed by atoms with van der Waals surface area (Å²) >= 11 is 0. The van der Waals surface area contributed by atoms with Crippen molar-refractivity contribution in [2.75, 3.05) is 0 Å². The van der Waals surface area contributed by atoms with Crippen LogP contribution in [0.5, 0.6) is 0 Å². The third-order valence-electron chi connectivity index (χ3n) is 4.53. The van der Waals surface area contributed by atoms with Gasteiger partial charge in [0.15, 0.2) is 17.4 Å². The standard InChI is InChI=1S/C16H20N4O3/c21-14(12-9-22-15(18-12)11-6-7-11)17-8-13-19-16(23-20-13)10-4-2-1-3-5-10/h9-11H,1-8H2,(H,17,21). The van der Waals surface area contributed by atoms with Crippen molar-refractivity contribution in [1.82, 2.24) is 20.4 Å². The van der Waals surface area contributed by atoms with E-state index in [1.807, 2.05) is 0 Å². The van der Waals surface area contributed by atoms with Gasteiger partial charge in [0.2, 0.25) is 5.89 Å². The van der Waals surface area contributed by atoms with Crippen LogP contribution in [0.15, 0.2) is 15.2 Å². The zero-order valence-corrected chi connectivity index (χ0v) is 13.0. The van der Waals surface area contributed by atoms with Gasteiger partial charge in [0.05, 0.1) is 6.54 Å². The molecular formula is C16H20N4O3. The largest absolute Gasteiger partial charge is 0.448 e. The molecule has 23 heavy (non-hydrogen) atoms. The summed E-state index contributed by atoms with van der Waals surface area (Å²) in [6.45, 7) is 0.237. The van der Waals surface area contributed by atoms with E-state index in [1.54, 1.807) is 0 Å². The lowest BCUT2D eigenvalue weighted by atomic mass is 9.89. The highest BCUT2D eigenvalue weighted by molar-refractivity contribution is 5.91. The van der Waals surface area contributed by atoms with Crippen LogP contribution in [0.4, 0.5) is 0 Å². The van der Waals surface area contributed by atoms with Gasteiger partial charge in [0.1, 0.15) is 6.26 Å². The topological polar surface area (TPSA) is 94.1 Å². The van der Waals surface area contributed by atoms with Crippen LogP contribution in [0.1, 0.15) is 84.9 Å². The van der Waals surface area contributed by atoms with Gasteiger partial charge in [-0.25, -0.2) is 4.98 Å². The van der Waals surface area contributed by atoms with Crippen LogP contribution in [0.3, 0.4) is 0 Å². The number of rotatable bonds is 5. The van der Waals surface area contributed by atoms with Crippen molar-refractivity contribution in [3.8, 4) is 0 Å². The Balaban J connectivity index is 1.33. The summed E-state index contributed by atoms with van der Waals surface area (Å²) in [6, 6.07) is 0. The van der Waals surface area contributed by atoms with Crippen molar-refractivity contribution in [2.24, 2.45) is 0 Å². The molecule has 0 bridgehead atoms. The second kappa shape index (κ2) is 6.14. The molecule has 0 saturated heterocycles. The van der Waals surface area contributed by atoms with Gasteiger partial charge in [-0.2, -0.15) is 4.98 Å². The number of hydrogen-bond acceptors (Lipinski definition) is 6. The minimum Gasteiger partial charge on any atom is -0.448 e. The maximum Gasteiger partial charge on any atom is 0.273 e. The molecule has 0 unspecified atom stereocenters. The molecule has 0 spiro atoms. The average Bonchev–Trinajstić information content (AvgIpc) is 3.14. The Labute approximate surface area is 133 Å². The molecule has 2 aromatic heterocycles. The number of carbonyl (C=O) groups is 1. The van der Waals surface area contributed by atoms with Gasteiger partial charge in [-0.05, 0) is 25.7 Å². The number of nitrogens with one attached hydrogen (secondary N) is 1. The van der Waals surface area contributed by atoms with Crippen molar-refractivity contribution >= 4 is 5.91 Å². The van der Waals surface area contributed by atoms with E-state index in [0.717, 1.165) is 25.7 Å². The molecule has 4 rings (SSSR count). The van der Waals surface area contributed by atoms with Crippen molar-refractivity contribution in [3.05, 3.63) is 29.6 Å². The van der Waals surface area contributed by atoms with E-state index in [1.165, 1.54) is 25.5 Å². The van der Waals surface area contributed by atoms with Gasteiger partial charge in [0, 0.05) is 11.8 Å². The van der Waals surface area contributed by atoms with Crippen molar-refractivity contribution in [1.29, 1.82) is 0 Å². The molecule has 2 heterocycles. The highest BCUT2D eigenvalue weighted by atomic mass is 16.5. The molecule has 2 aliphatic rings. The lowest BCUT2D eigenvalue weighted by Gasteiger charge is -2.17. The van der Waals surface area contributed by atoms with Crippen molar-refractivity contribution in [2.45, 2.75) is 63.3 Å². The first-order valence-electron chi connectivity index (χ1n) is 8.35. The Morgan fingerprint density at radius 2 is 1.87 bits per heavy atom. The summed E-state index contributed by atoms with van der Waals surface area (Å²) in [5.41, 5.74) is 0.308. The van der Waals surface area contributed by atoms with Crippen molar-refractivity contribution < 1.29 is 13.7 Å². The van der Waals surface area contributed by atoms with E-state index in [4.69, 9.17) is 8.94 Å². The molecule has 2 fully saturated rings. The number of aromatic nitrogens is 3. The second-order valence-corrected chi connectivity index (χ2v) is 6.41. The van der Waals surface area contributed by atoms with Crippen LogP contribution in [0, 0.1) is 0 Å². The van der Waals surface area contributed by atoms with Gasteiger partial charge >= 0.3 is 0 Å². The van der Waals surface area contributed by atoms with Gasteiger partial charge < -0.3 is 14.3 Å². The fraction of sp³-hybridized carbons (Fsp3) is 0.625. The molecule has 0 radical (unpaired) electrons. The Morgan fingerprint density at radius 3 is 2.65 bits per heavy atom. The molecule has 2 aromatic rings. The van der Waals surface area contributed by atoms with E-state index >= 15 is 0 Å². The predicted octanol–water partition coefficient (Wildman–Crippen LogP) is 2.91. The molecular weight excluding hydrogens is 296 g/mol. The highest BCUT2D eigenvalue weighted by Crippen LogP contribution is 2.39. The average molecular weight is 316 g/mol. The molecule has 0 atom stereocenters. The summed E-state index contributed by atoms with van der Waals surface area (Å²) in [6.07, 6.45) is 9.53. The van der Waals surface area contributed by atoms with Gasteiger partial charge in [-0.3, -0.25) is 4.79 Å². The van der Waals surface area contributed by atoms with Gasteiger partial charge in [-0.15, -0.1) is 0 Å². The van der Waals surface area contributed by atoms with Crippen LogP contribution in [-0.2, 0) is 6.54 Å². The van der Waals surface area contributed by atoms with E-state index in [2.05, 4.69) is 20.4 Å². The smallest absolute Gasteiger partial charge is 0.273 e. The molecule has 7 nitrogen and oxygen atoms in total. The summed E-state index contributed by atoms with van der Waals surface area (Å²) in [4.78, 5) is 20.7. The molecule has 122 valence electrons. The summed E-state index contributed by atoms with van der Waals surface area (Å²) in [7, 11) is 0. The zero-order valence-electron chi connectivity index (χ0n) is 13.0. The van der Waals surface area contributed by atoms with Crippen LogP contribution in [-0.4, -0.2) is 21.0 Å². The molecule has 7 heteroatoms. The first-order valence-corrected chi connectivity index (χ1v) is 8.35. The normalized spacial score (nSPS) is 19.0. The van der Waals surface area contributed by atoms with Crippen LogP contribution in [0.2, 0.25) is 0 Å². The van der Waals surface area contributed by atoms with Crippen LogP contribution < -0.4 is 5.32 Å². The molecule has 0 aliphatic heterocycles. The Bertz CT molecular complexity index is 683. The Kier molecular flexibility index (Phi) is 3.85. The second-order valence-electron chi connectivity index (χ2n) is 6.41. The van der Waals surface area contributed by atoms with E-state index < -0.39 is 0 Å². The minimum absolute atomic E-state index is 0.237. The summed E-state index contributed by atoms with van der Waals surface area (Å²) in [5.74, 6) is 2.36. The highest BCUT2D eigenvalue weighted by Gasteiger charge is 2.29. The van der Waals surface area contributed by atoms with Gasteiger partial charge in [-0.1, -0.05) is 24.4 Å². The number of hydrogen-bond donors (Lipinski definition) is 1. The number of amides is 1. The maximum absolute atomic E-state index is 12.1.